The molecule has 1 fully saturated rings. The highest BCUT2D eigenvalue weighted by atomic mass is 32.2. The van der Waals surface area contributed by atoms with Gasteiger partial charge in [0.25, 0.3) is 0 Å². The molecule has 0 heterocycles. The monoisotopic (exact) mass is 322 g/mol. The van der Waals surface area contributed by atoms with E-state index in [0.717, 1.165) is 16.4 Å². The van der Waals surface area contributed by atoms with Gasteiger partial charge >= 0.3 is 0 Å². The molecule has 0 atom stereocenters. The first-order valence-electron chi connectivity index (χ1n) is 8.26. The van der Waals surface area contributed by atoms with E-state index in [4.69, 9.17) is 0 Å². The lowest BCUT2D eigenvalue weighted by molar-refractivity contribution is 0.101. The summed E-state index contributed by atoms with van der Waals surface area (Å²) in [6.07, 6.45) is 9.71. The molecular formula is C21H22OS. The van der Waals surface area contributed by atoms with Crippen LogP contribution in [0.1, 0.15) is 54.1 Å². The standard InChI is InChI=1S/C21H22OS/c1-16(22)19-12-8-17(9-13-19)6-7-18-10-14-21(15-11-18)23-20-4-2-3-5-20/h6-15,20H,2-5H2,1H3. The number of carbonyl (C=O) groups excluding carboxylic acids is 1. The number of carbonyl (C=O) groups is 1. The van der Waals surface area contributed by atoms with Crippen molar-refractivity contribution in [2.24, 2.45) is 0 Å². The topological polar surface area (TPSA) is 17.1 Å². The normalized spacial score (nSPS) is 15.3. The van der Waals surface area contributed by atoms with Crippen LogP contribution >= 0.6 is 11.8 Å². The van der Waals surface area contributed by atoms with Crippen LogP contribution in [0.4, 0.5) is 0 Å². The number of ketones is 1. The molecule has 0 aliphatic heterocycles. The summed E-state index contributed by atoms with van der Waals surface area (Å²) in [4.78, 5) is 12.6. The van der Waals surface area contributed by atoms with E-state index >= 15 is 0 Å². The Morgan fingerprint density at radius 1 is 0.913 bits per heavy atom. The molecular weight excluding hydrogens is 300 g/mol. The van der Waals surface area contributed by atoms with Crippen molar-refractivity contribution in [1.82, 2.24) is 0 Å². The van der Waals surface area contributed by atoms with E-state index in [1.807, 2.05) is 36.0 Å². The summed E-state index contributed by atoms with van der Waals surface area (Å²) in [5.41, 5.74) is 3.08. The van der Waals surface area contributed by atoms with Crippen molar-refractivity contribution >= 4 is 29.7 Å². The summed E-state index contributed by atoms with van der Waals surface area (Å²) in [5, 5.41) is 0.816. The predicted molar refractivity (Wildman–Crippen MR) is 99.9 cm³/mol. The first-order valence-corrected chi connectivity index (χ1v) is 9.14. The molecule has 0 aromatic heterocycles. The average molecular weight is 322 g/mol. The zero-order chi connectivity index (χ0) is 16.1. The molecule has 0 bridgehead atoms. The Morgan fingerprint density at radius 2 is 1.43 bits per heavy atom. The van der Waals surface area contributed by atoms with Gasteiger partial charge < -0.3 is 0 Å². The first kappa shape index (κ1) is 16.1. The Bertz CT molecular complexity index is 677. The zero-order valence-corrected chi connectivity index (χ0v) is 14.3. The van der Waals surface area contributed by atoms with Gasteiger partial charge in [-0.15, -0.1) is 11.8 Å². The van der Waals surface area contributed by atoms with Crippen molar-refractivity contribution in [3.05, 3.63) is 65.2 Å². The molecule has 1 aliphatic rings. The maximum atomic E-state index is 11.3. The van der Waals surface area contributed by atoms with Crippen LogP contribution in [0.5, 0.6) is 0 Å². The Labute approximate surface area is 142 Å². The second kappa shape index (κ2) is 7.65. The fraction of sp³-hybridized carbons (Fsp3) is 0.286. The lowest BCUT2D eigenvalue weighted by atomic mass is 10.1. The van der Waals surface area contributed by atoms with Crippen LogP contribution in [-0.4, -0.2) is 11.0 Å². The van der Waals surface area contributed by atoms with E-state index in [1.54, 1.807) is 6.92 Å². The summed E-state index contributed by atoms with van der Waals surface area (Å²) in [7, 11) is 0. The van der Waals surface area contributed by atoms with Gasteiger partial charge in [-0.05, 0) is 43.0 Å². The molecule has 1 aliphatic carbocycles. The van der Waals surface area contributed by atoms with E-state index in [2.05, 4.69) is 36.4 Å². The number of benzene rings is 2. The lowest BCUT2D eigenvalue weighted by Crippen LogP contribution is -1.92. The summed E-state index contributed by atoms with van der Waals surface area (Å²) in [5.74, 6) is 0.107. The molecule has 2 heteroatoms. The third kappa shape index (κ3) is 4.59. The van der Waals surface area contributed by atoms with Crippen LogP contribution in [-0.2, 0) is 0 Å². The minimum absolute atomic E-state index is 0.107. The average Bonchev–Trinajstić information content (AvgIpc) is 3.07. The van der Waals surface area contributed by atoms with Gasteiger partial charge in [-0.3, -0.25) is 4.79 Å². The maximum absolute atomic E-state index is 11.3. The van der Waals surface area contributed by atoms with Crippen molar-refractivity contribution in [2.75, 3.05) is 0 Å². The summed E-state index contributed by atoms with van der Waals surface area (Å²) in [6, 6.07) is 16.5. The third-order valence-electron chi connectivity index (χ3n) is 4.27. The first-order chi connectivity index (χ1) is 11.2. The van der Waals surface area contributed by atoms with Gasteiger partial charge in [-0.25, -0.2) is 0 Å². The van der Waals surface area contributed by atoms with Crippen LogP contribution in [0, 0.1) is 0 Å². The highest BCUT2D eigenvalue weighted by molar-refractivity contribution is 8.00. The maximum Gasteiger partial charge on any atom is 0.159 e. The van der Waals surface area contributed by atoms with Gasteiger partial charge in [0.15, 0.2) is 5.78 Å². The lowest BCUT2D eigenvalue weighted by Gasteiger charge is -2.08. The second-order valence-corrected chi connectivity index (χ2v) is 7.48. The number of hydrogen-bond acceptors (Lipinski definition) is 2. The molecule has 1 nitrogen and oxygen atoms in total. The van der Waals surface area contributed by atoms with Crippen LogP contribution < -0.4 is 0 Å². The molecule has 23 heavy (non-hydrogen) atoms. The van der Waals surface area contributed by atoms with E-state index in [1.165, 1.54) is 36.1 Å². The molecule has 118 valence electrons. The number of rotatable bonds is 5. The minimum atomic E-state index is 0.107. The third-order valence-corrected chi connectivity index (χ3v) is 5.62. The molecule has 0 amide bonds. The van der Waals surface area contributed by atoms with E-state index < -0.39 is 0 Å². The smallest absolute Gasteiger partial charge is 0.159 e. The summed E-state index contributed by atoms with van der Waals surface area (Å²) < 4.78 is 0. The van der Waals surface area contributed by atoms with Crippen molar-refractivity contribution in [2.45, 2.75) is 42.8 Å². The Kier molecular flexibility index (Phi) is 5.35. The van der Waals surface area contributed by atoms with Gasteiger partial charge in [0.05, 0.1) is 0 Å². The molecule has 0 radical (unpaired) electrons. The molecule has 0 spiro atoms. The van der Waals surface area contributed by atoms with Crippen molar-refractivity contribution in [3.8, 4) is 0 Å². The highest BCUT2D eigenvalue weighted by Gasteiger charge is 2.15. The summed E-state index contributed by atoms with van der Waals surface area (Å²) in [6.45, 7) is 1.59. The van der Waals surface area contributed by atoms with Crippen LogP contribution in [0.3, 0.4) is 0 Å². The fourth-order valence-electron chi connectivity index (χ4n) is 2.88. The van der Waals surface area contributed by atoms with Gasteiger partial charge in [0, 0.05) is 15.7 Å². The van der Waals surface area contributed by atoms with Gasteiger partial charge in [-0.1, -0.05) is 61.4 Å². The molecule has 0 N–H and O–H groups in total. The van der Waals surface area contributed by atoms with E-state index in [0.29, 0.717) is 0 Å². The molecule has 2 aromatic carbocycles. The van der Waals surface area contributed by atoms with Gasteiger partial charge in [-0.2, -0.15) is 0 Å². The molecule has 2 aromatic rings. The largest absolute Gasteiger partial charge is 0.295 e. The van der Waals surface area contributed by atoms with Crippen molar-refractivity contribution < 1.29 is 4.79 Å². The predicted octanol–water partition coefficient (Wildman–Crippen LogP) is 6.09. The second-order valence-electron chi connectivity index (χ2n) is 6.10. The zero-order valence-electron chi connectivity index (χ0n) is 13.5. The number of thioether (sulfide) groups is 1. The van der Waals surface area contributed by atoms with Gasteiger partial charge in [0.1, 0.15) is 0 Å². The van der Waals surface area contributed by atoms with E-state index in [9.17, 15) is 4.79 Å². The van der Waals surface area contributed by atoms with Crippen molar-refractivity contribution in [1.29, 1.82) is 0 Å². The van der Waals surface area contributed by atoms with Crippen LogP contribution in [0.15, 0.2) is 53.4 Å². The Hall–Kier alpha value is -1.80. The Morgan fingerprint density at radius 3 is 1.96 bits per heavy atom. The highest BCUT2D eigenvalue weighted by Crippen LogP contribution is 2.34. The van der Waals surface area contributed by atoms with Crippen molar-refractivity contribution in [3.63, 3.8) is 0 Å². The fourth-order valence-corrected chi connectivity index (χ4v) is 4.12. The molecule has 0 saturated heterocycles. The number of hydrogen-bond donors (Lipinski definition) is 0. The Balaban J connectivity index is 1.61. The van der Waals surface area contributed by atoms with Gasteiger partial charge in [0.2, 0.25) is 0 Å². The minimum Gasteiger partial charge on any atom is -0.295 e. The summed E-state index contributed by atoms with van der Waals surface area (Å²) >= 11 is 2.02. The molecule has 1 saturated carbocycles. The molecule has 0 unspecified atom stereocenters. The molecule has 3 rings (SSSR count). The number of Topliss-reactive ketones (excluding diaryl/α,β-unsaturated/α-hetero) is 1. The van der Waals surface area contributed by atoms with E-state index in [-0.39, 0.29) is 5.78 Å². The van der Waals surface area contributed by atoms with Crippen LogP contribution in [0.2, 0.25) is 0 Å². The SMILES string of the molecule is CC(=O)c1ccc(C=Cc2ccc(SC3CCCC3)cc2)cc1. The van der Waals surface area contributed by atoms with Crippen LogP contribution in [0.25, 0.3) is 12.2 Å². The quantitative estimate of drug-likeness (QED) is 0.489.